The van der Waals surface area contributed by atoms with E-state index in [1.54, 1.807) is 13.0 Å². The molecule has 2 heterocycles. The van der Waals surface area contributed by atoms with Crippen LogP contribution >= 0.6 is 0 Å². The Labute approximate surface area is 251 Å². The second-order valence-corrected chi connectivity index (χ2v) is 13.9. The van der Waals surface area contributed by atoms with Crippen LogP contribution in [-0.4, -0.2) is 42.1 Å². The fraction of sp³-hybridized carbons (Fsp3) is 0.429. The van der Waals surface area contributed by atoms with Crippen LogP contribution in [0.3, 0.4) is 0 Å². The second-order valence-electron chi connectivity index (χ2n) is 12.5. The molecule has 0 unspecified atom stereocenters. The number of ketones is 1. The van der Waals surface area contributed by atoms with Crippen LogP contribution in [0.5, 0.6) is 0 Å². The van der Waals surface area contributed by atoms with Crippen molar-refractivity contribution in [1.82, 2.24) is 0 Å². The topological polar surface area (TPSA) is 80.5 Å². The van der Waals surface area contributed by atoms with E-state index in [9.17, 15) is 17.8 Å². The smallest absolute Gasteiger partial charge is 0.209 e. The summed E-state index contributed by atoms with van der Waals surface area (Å²) in [5.74, 6) is 0.202. The van der Waals surface area contributed by atoms with Crippen molar-refractivity contribution in [3.05, 3.63) is 89.2 Å². The molecule has 2 aromatic carbocycles. The number of aryl methyl sites for hydroxylation is 1. The highest BCUT2D eigenvalue weighted by atomic mass is 32.2. The number of hydrogen-bond acceptors (Lipinski definition) is 5. The molecule has 0 fully saturated rings. The van der Waals surface area contributed by atoms with Gasteiger partial charge in [0, 0.05) is 53.9 Å². The van der Waals surface area contributed by atoms with Gasteiger partial charge in [0.05, 0.1) is 10.3 Å². The molecule has 0 bridgehead atoms. The number of fused-ring (bicyclic) bond motifs is 2. The van der Waals surface area contributed by atoms with Crippen molar-refractivity contribution in [3.63, 3.8) is 0 Å². The van der Waals surface area contributed by atoms with Crippen LogP contribution in [0.4, 0.5) is 11.4 Å². The minimum Gasteiger partial charge on any atom is -0.744 e. The molecule has 0 saturated carbocycles. The number of unbranched alkanes of at least 4 members (excludes halogenated alkanes) is 2. The van der Waals surface area contributed by atoms with Crippen molar-refractivity contribution in [2.45, 2.75) is 89.9 Å². The van der Waals surface area contributed by atoms with Gasteiger partial charge in [0.25, 0.3) is 0 Å². The SMILES string of the molecule is CCN1/C(=C/C=C/C=C/C2=[N+](CCCCCC(C)=O)c3ccc(S(=O)(=O)[O-])cc3C2(C)C)C(C)(C)c2cc(C)ccc21. The minimum absolute atomic E-state index is 0.103. The summed E-state index contributed by atoms with van der Waals surface area (Å²) in [4.78, 5) is 13.5. The summed E-state index contributed by atoms with van der Waals surface area (Å²) in [6.07, 6.45) is 13.7. The third kappa shape index (κ3) is 6.23. The third-order valence-electron chi connectivity index (χ3n) is 8.66. The molecule has 0 aromatic heterocycles. The molecule has 2 aromatic rings. The van der Waals surface area contributed by atoms with Gasteiger partial charge in [-0.1, -0.05) is 49.8 Å². The highest BCUT2D eigenvalue weighted by molar-refractivity contribution is 7.85. The number of carbonyl (C=O) groups is 1. The summed E-state index contributed by atoms with van der Waals surface area (Å²) in [5.41, 5.74) is 7.33. The van der Waals surface area contributed by atoms with E-state index in [0.29, 0.717) is 6.42 Å². The van der Waals surface area contributed by atoms with Crippen LogP contribution < -0.4 is 4.90 Å². The van der Waals surface area contributed by atoms with E-state index >= 15 is 0 Å². The summed E-state index contributed by atoms with van der Waals surface area (Å²) in [6.45, 7) is 16.2. The molecule has 0 saturated heterocycles. The van der Waals surface area contributed by atoms with Gasteiger partial charge in [0.1, 0.15) is 22.4 Å². The Hall–Kier alpha value is -3.29. The maximum atomic E-state index is 11.8. The number of hydrogen-bond donors (Lipinski definition) is 0. The molecule has 0 spiro atoms. The molecule has 0 N–H and O–H groups in total. The molecule has 2 aliphatic rings. The average molecular weight is 589 g/mol. The predicted octanol–water partition coefficient (Wildman–Crippen LogP) is 7.24. The fourth-order valence-corrected chi connectivity index (χ4v) is 6.86. The van der Waals surface area contributed by atoms with Crippen molar-refractivity contribution in [1.29, 1.82) is 0 Å². The molecule has 0 radical (unpaired) electrons. The first-order valence-electron chi connectivity index (χ1n) is 14.9. The molecule has 0 atom stereocenters. The standard InChI is InChI=1S/C35H44N2O4S/c1-8-36-30-20-18-25(2)23-28(30)34(4,5)32(36)16-12-9-13-17-33-35(6,7)29-24-27(42(39,40)41)19-21-31(29)37(33)22-14-10-11-15-26(3)38/h9,12-13,16-21,23-24H,8,10-11,14-15,22H2,1-7H3. The van der Waals surface area contributed by atoms with E-state index in [4.69, 9.17) is 0 Å². The van der Waals surface area contributed by atoms with Gasteiger partial charge < -0.3 is 14.2 Å². The first-order chi connectivity index (χ1) is 19.7. The van der Waals surface area contributed by atoms with Crippen LogP contribution in [0.1, 0.15) is 83.9 Å². The van der Waals surface area contributed by atoms with Crippen LogP contribution in [0.15, 0.2) is 77.4 Å². The van der Waals surface area contributed by atoms with Gasteiger partial charge in [-0.3, -0.25) is 0 Å². The first kappa shape index (κ1) is 31.6. The minimum atomic E-state index is -4.56. The van der Waals surface area contributed by atoms with Gasteiger partial charge in [-0.05, 0) is 77.3 Å². The number of nitrogens with zero attached hydrogens (tertiary/aromatic N) is 2. The number of likely N-dealkylation sites (N-methyl/N-ethyl adjacent to an activating group) is 1. The lowest BCUT2D eigenvalue weighted by atomic mass is 9.81. The van der Waals surface area contributed by atoms with E-state index in [1.165, 1.54) is 34.6 Å². The Balaban J connectivity index is 1.63. The molecule has 6 nitrogen and oxygen atoms in total. The van der Waals surface area contributed by atoms with Crippen molar-refractivity contribution < 1.29 is 22.3 Å². The summed E-state index contributed by atoms with van der Waals surface area (Å²) >= 11 is 0. The van der Waals surface area contributed by atoms with E-state index in [-0.39, 0.29) is 16.1 Å². The van der Waals surface area contributed by atoms with Gasteiger partial charge in [-0.25, -0.2) is 8.42 Å². The molecule has 42 heavy (non-hydrogen) atoms. The van der Waals surface area contributed by atoms with Gasteiger partial charge in [-0.2, -0.15) is 4.58 Å². The molecule has 4 rings (SSSR count). The summed E-state index contributed by atoms with van der Waals surface area (Å²) < 4.78 is 37.6. The second kappa shape index (κ2) is 12.1. The van der Waals surface area contributed by atoms with Crippen LogP contribution in [0.25, 0.3) is 0 Å². The maximum absolute atomic E-state index is 11.8. The summed E-state index contributed by atoms with van der Waals surface area (Å²) in [6, 6.07) is 11.4. The van der Waals surface area contributed by atoms with Crippen molar-refractivity contribution in [2.24, 2.45) is 0 Å². The Morgan fingerprint density at radius 3 is 2.36 bits per heavy atom. The molecule has 0 amide bonds. The zero-order valence-corrected chi connectivity index (χ0v) is 26.8. The normalized spacial score (nSPS) is 18.5. The maximum Gasteiger partial charge on any atom is 0.209 e. The van der Waals surface area contributed by atoms with Crippen molar-refractivity contribution in [2.75, 3.05) is 18.0 Å². The molecular formula is C35H44N2O4S. The Bertz CT molecular complexity index is 1610. The van der Waals surface area contributed by atoms with E-state index in [2.05, 4.69) is 87.4 Å². The lowest BCUT2D eigenvalue weighted by Crippen LogP contribution is -2.28. The number of benzene rings is 2. The number of carbonyl (C=O) groups excluding carboxylic acids is 1. The largest absolute Gasteiger partial charge is 0.744 e. The Morgan fingerprint density at radius 1 is 0.952 bits per heavy atom. The number of Topliss-reactive ketones (excluding diaryl/α,β-unsaturated/α-hetero) is 1. The quantitative estimate of drug-likeness (QED) is 0.120. The van der Waals surface area contributed by atoms with Gasteiger partial charge in [-0.15, -0.1) is 0 Å². The molecule has 7 heteroatoms. The number of anilines is 1. The highest BCUT2D eigenvalue weighted by Gasteiger charge is 2.44. The summed E-state index contributed by atoms with van der Waals surface area (Å²) in [5, 5.41) is 0. The fourth-order valence-electron chi connectivity index (χ4n) is 6.36. The van der Waals surface area contributed by atoms with E-state index in [1.807, 2.05) is 12.2 Å². The predicted molar refractivity (Wildman–Crippen MR) is 170 cm³/mol. The van der Waals surface area contributed by atoms with Crippen molar-refractivity contribution in [3.8, 4) is 0 Å². The molecule has 2 aliphatic heterocycles. The van der Waals surface area contributed by atoms with Gasteiger partial charge in [0.15, 0.2) is 5.71 Å². The van der Waals surface area contributed by atoms with Crippen LogP contribution in [0.2, 0.25) is 0 Å². The molecular weight excluding hydrogens is 544 g/mol. The molecule has 0 aliphatic carbocycles. The van der Waals surface area contributed by atoms with E-state index < -0.39 is 15.5 Å². The monoisotopic (exact) mass is 588 g/mol. The van der Waals surface area contributed by atoms with E-state index in [0.717, 1.165) is 49.3 Å². The lowest BCUT2D eigenvalue weighted by molar-refractivity contribution is -0.438. The summed E-state index contributed by atoms with van der Waals surface area (Å²) in [7, 11) is -4.56. The zero-order chi connectivity index (χ0) is 30.9. The number of allylic oxidation sites excluding steroid dienone is 6. The number of rotatable bonds is 11. The lowest BCUT2D eigenvalue weighted by Gasteiger charge is -2.25. The van der Waals surface area contributed by atoms with Crippen molar-refractivity contribution >= 4 is 33.0 Å². The van der Waals surface area contributed by atoms with Crippen LogP contribution in [0, 0.1) is 6.92 Å². The van der Waals surface area contributed by atoms with Gasteiger partial charge in [0.2, 0.25) is 5.69 Å². The zero-order valence-electron chi connectivity index (χ0n) is 26.0. The Kier molecular flexibility index (Phi) is 9.14. The Morgan fingerprint density at radius 2 is 1.69 bits per heavy atom. The average Bonchev–Trinajstić information content (AvgIpc) is 3.25. The van der Waals surface area contributed by atoms with Gasteiger partial charge >= 0.3 is 0 Å². The third-order valence-corrected chi connectivity index (χ3v) is 9.49. The highest BCUT2D eigenvalue weighted by Crippen LogP contribution is 2.48. The molecule has 224 valence electrons. The first-order valence-corrected chi connectivity index (χ1v) is 16.3. The van der Waals surface area contributed by atoms with Crippen LogP contribution in [-0.2, 0) is 25.7 Å².